The summed E-state index contributed by atoms with van der Waals surface area (Å²) < 4.78 is 0. The standard InChI is InChI=1S/C14H12S2/c1-2-10(15-7-1)11-5-6-12(16-11)14-8-3-4-9(14)13(8)14/h1-2,5-9,13H,3-4H2. The van der Waals surface area contributed by atoms with E-state index < -0.39 is 0 Å². The van der Waals surface area contributed by atoms with Gasteiger partial charge in [0.2, 0.25) is 0 Å². The first kappa shape index (κ1) is 8.48. The van der Waals surface area contributed by atoms with Crippen molar-refractivity contribution in [2.24, 2.45) is 17.8 Å². The fourth-order valence-corrected chi connectivity index (χ4v) is 6.52. The third-order valence-electron chi connectivity index (χ3n) is 5.01. The van der Waals surface area contributed by atoms with Crippen LogP contribution in [0.5, 0.6) is 0 Å². The summed E-state index contributed by atoms with van der Waals surface area (Å²) in [5, 5.41) is 2.17. The molecule has 4 aliphatic carbocycles. The van der Waals surface area contributed by atoms with Crippen LogP contribution in [0, 0.1) is 17.8 Å². The van der Waals surface area contributed by atoms with Gasteiger partial charge in [-0.15, -0.1) is 22.7 Å². The van der Waals surface area contributed by atoms with Crippen LogP contribution >= 0.6 is 22.7 Å². The van der Waals surface area contributed by atoms with Crippen molar-refractivity contribution in [2.45, 2.75) is 18.3 Å². The van der Waals surface area contributed by atoms with Crippen molar-refractivity contribution < 1.29 is 0 Å². The van der Waals surface area contributed by atoms with Gasteiger partial charge in [0.25, 0.3) is 0 Å². The van der Waals surface area contributed by atoms with Gasteiger partial charge in [-0.3, -0.25) is 0 Å². The Kier molecular flexibility index (Phi) is 1.31. The number of fused-ring (bicyclic) bond motifs is 1. The summed E-state index contributed by atoms with van der Waals surface area (Å²) in [6.07, 6.45) is 3.03. The highest BCUT2D eigenvalue weighted by Gasteiger charge is 2.89. The number of thiophene rings is 2. The van der Waals surface area contributed by atoms with Crippen molar-refractivity contribution in [1.82, 2.24) is 0 Å². The fourth-order valence-electron chi connectivity index (χ4n) is 4.31. The van der Waals surface area contributed by atoms with Crippen molar-refractivity contribution in [1.29, 1.82) is 0 Å². The Balaban J connectivity index is 1.58. The number of hydrogen-bond acceptors (Lipinski definition) is 2. The first-order valence-corrected chi connectivity index (χ1v) is 7.76. The summed E-state index contributed by atoms with van der Waals surface area (Å²) in [5.74, 6) is 3.29. The highest BCUT2D eigenvalue weighted by Crippen LogP contribution is 2.91. The quantitative estimate of drug-likeness (QED) is 0.735. The molecule has 2 unspecified atom stereocenters. The van der Waals surface area contributed by atoms with Crippen LogP contribution in [0.25, 0.3) is 9.75 Å². The molecule has 2 atom stereocenters. The lowest BCUT2D eigenvalue weighted by atomic mass is 10.0. The maximum atomic E-state index is 2.41. The molecule has 0 nitrogen and oxygen atoms in total. The molecule has 4 saturated carbocycles. The van der Waals surface area contributed by atoms with Crippen LogP contribution in [0.2, 0.25) is 0 Å². The summed E-state index contributed by atoms with van der Waals surface area (Å²) in [6, 6.07) is 9.15. The normalized spacial score (nSPS) is 42.1. The second kappa shape index (κ2) is 2.46. The molecule has 0 N–H and O–H groups in total. The van der Waals surface area contributed by atoms with Gasteiger partial charge in [-0.1, -0.05) is 6.07 Å². The molecule has 2 aromatic heterocycles. The molecular formula is C14H12S2. The molecule has 2 aromatic rings. The predicted molar refractivity (Wildman–Crippen MR) is 69.0 cm³/mol. The number of hydrogen-bond donors (Lipinski definition) is 0. The van der Waals surface area contributed by atoms with Crippen LogP contribution in [-0.4, -0.2) is 0 Å². The van der Waals surface area contributed by atoms with Gasteiger partial charge in [0, 0.05) is 20.0 Å². The van der Waals surface area contributed by atoms with Crippen molar-refractivity contribution in [3.8, 4) is 9.75 Å². The zero-order chi connectivity index (χ0) is 10.3. The van der Waals surface area contributed by atoms with Gasteiger partial charge in [-0.05, 0) is 54.2 Å². The summed E-state index contributed by atoms with van der Waals surface area (Å²) in [7, 11) is 0. The van der Waals surface area contributed by atoms with Crippen LogP contribution in [0.15, 0.2) is 29.6 Å². The summed E-state index contributed by atoms with van der Waals surface area (Å²) in [6.45, 7) is 0. The SMILES string of the molecule is c1csc(-c2ccc(C34C5CCC3C54)s2)c1. The maximum absolute atomic E-state index is 2.41. The maximum Gasteiger partial charge on any atom is 0.0445 e. The molecule has 4 aliphatic rings. The van der Waals surface area contributed by atoms with E-state index in [1.165, 1.54) is 22.6 Å². The lowest BCUT2D eigenvalue weighted by Gasteiger charge is -2.04. The van der Waals surface area contributed by atoms with E-state index in [0.29, 0.717) is 0 Å². The van der Waals surface area contributed by atoms with E-state index >= 15 is 0 Å². The van der Waals surface area contributed by atoms with Crippen LogP contribution in [0.1, 0.15) is 17.7 Å². The number of rotatable bonds is 2. The summed E-state index contributed by atoms with van der Waals surface area (Å²) >= 11 is 3.92. The van der Waals surface area contributed by atoms with Crippen molar-refractivity contribution in [3.63, 3.8) is 0 Å². The second-order valence-corrected chi connectivity index (χ2v) is 7.42. The molecule has 16 heavy (non-hydrogen) atoms. The molecule has 0 amide bonds. The van der Waals surface area contributed by atoms with Gasteiger partial charge in [-0.25, -0.2) is 0 Å². The van der Waals surface area contributed by atoms with Gasteiger partial charge in [0.15, 0.2) is 0 Å². The Bertz CT molecular complexity index is 542. The van der Waals surface area contributed by atoms with E-state index in [0.717, 1.165) is 23.2 Å². The fraction of sp³-hybridized carbons (Fsp3) is 0.429. The Morgan fingerprint density at radius 1 is 1.06 bits per heavy atom. The van der Waals surface area contributed by atoms with E-state index in [1.807, 2.05) is 11.3 Å². The molecule has 80 valence electrons. The van der Waals surface area contributed by atoms with Crippen LogP contribution in [0.4, 0.5) is 0 Å². The van der Waals surface area contributed by atoms with E-state index in [-0.39, 0.29) is 0 Å². The minimum atomic E-state index is 0.722. The largest absolute Gasteiger partial charge is 0.143 e. The Labute approximate surface area is 103 Å². The first-order valence-electron chi connectivity index (χ1n) is 6.06. The third-order valence-corrected chi connectivity index (χ3v) is 7.33. The molecule has 0 radical (unpaired) electrons. The van der Waals surface area contributed by atoms with Crippen molar-refractivity contribution in [3.05, 3.63) is 34.5 Å². The van der Waals surface area contributed by atoms with Gasteiger partial charge in [0.1, 0.15) is 0 Å². The van der Waals surface area contributed by atoms with Gasteiger partial charge < -0.3 is 0 Å². The van der Waals surface area contributed by atoms with E-state index in [9.17, 15) is 0 Å². The summed E-state index contributed by atoms with van der Waals surface area (Å²) in [4.78, 5) is 4.63. The first-order chi connectivity index (χ1) is 7.92. The van der Waals surface area contributed by atoms with E-state index in [2.05, 4.69) is 41.0 Å². The lowest BCUT2D eigenvalue weighted by molar-refractivity contribution is 0.600. The zero-order valence-electron chi connectivity index (χ0n) is 8.85. The molecule has 2 heterocycles. The molecule has 2 heteroatoms. The molecule has 2 bridgehead atoms. The van der Waals surface area contributed by atoms with Crippen molar-refractivity contribution >= 4 is 22.7 Å². The van der Waals surface area contributed by atoms with Crippen LogP contribution in [0.3, 0.4) is 0 Å². The molecule has 4 fully saturated rings. The molecule has 0 aliphatic heterocycles. The molecular weight excluding hydrogens is 232 g/mol. The van der Waals surface area contributed by atoms with Crippen LogP contribution in [-0.2, 0) is 5.41 Å². The molecule has 0 saturated heterocycles. The van der Waals surface area contributed by atoms with E-state index in [1.54, 1.807) is 4.88 Å². The zero-order valence-corrected chi connectivity index (χ0v) is 10.5. The van der Waals surface area contributed by atoms with Gasteiger partial charge >= 0.3 is 0 Å². The average Bonchev–Trinajstić information content (AvgIpc) is 2.97. The highest BCUT2D eigenvalue weighted by atomic mass is 32.1. The second-order valence-electron chi connectivity index (χ2n) is 5.39. The topological polar surface area (TPSA) is 0 Å². The predicted octanol–water partition coefficient (Wildman–Crippen LogP) is 4.38. The molecule has 0 spiro atoms. The van der Waals surface area contributed by atoms with E-state index in [4.69, 9.17) is 0 Å². The lowest BCUT2D eigenvalue weighted by Crippen LogP contribution is -2.00. The Hall–Kier alpha value is -0.600. The van der Waals surface area contributed by atoms with Crippen LogP contribution < -0.4 is 0 Å². The minimum Gasteiger partial charge on any atom is -0.143 e. The van der Waals surface area contributed by atoms with Crippen molar-refractivity contribution in [2.75, 3.05) is 0 Å². The third kappa shape index (κ3) is 0.750. The van der Waals surface area contributed by atoms with Gasteiger partial charge in [0.05, 0.1) is 0 Å². The molecule has 0 aromatic carbocycles. The summed E-state index contributed by atoms with van der Waals surface area (Å²) in [5.41, 5.74) is 0.722. The smallest absolute Gasteiger partial charge is 0.0445 e. The monoisotopic (exact) mass is 244 g/mol. The Morgan fingerprint density at radius 3 is 2.62 bits per heavy atom. The molecule has 6 rings (SSSR count). The Morgan fingerprint density at radius 2 is 1.94 bits per heavy atom. The average molecular weight is 244 g/mol. The highest BCUT2D eigenvalue weighted by molar-refractivity contribution is 7.21. The van der Waals surface area contributed by atoms with Gasteiger partial charge in [-0.2, -0.15) is 0 Å². The minimum absolute atomic E-state index is 0.722.